The van der Waals surface area contributed by atoms with Crippen molar-refractivity contribution in [3.8, 4) is 11.3 Å². The van der Waals surface area contributed by atoms with Gasteiger partial charge in [0.15, 0.2) is 0 Å². The summed E-state index contributed by atoms with van der Waals surface area (Å²) >= 11 is 0. The Morgan fingerprint density at radius 1 is 1.09 bits per heavy atom. The van der Waals surface area contributed by atoms with Crippen LogP contribution in [0.25, 0.3) is 16.8 Å². The first kappa shape index (κ1) is 20.6. The van der Waals surface area contributed by atoms with Crippen molar-refractivity contribution in [2.45, 2.75) is 25.7 Å². The van der Waals surface area contributed by atoms with Crippen LogP contribution in [0.5, 0.6) is 0 Å². The number of fused-ring (bicyclic) bond motifs is 1. The molecule has 2 saturated heterocycles. The maximum Gasteiger partial charge on any atom is 0.259 e. The number of aromatic nitrogens is 4. The van der Waals surface area contributed by atoms with Crippen LogP contribution >= 0.6 is 0 Å². The fraction of sp³-hybridized carbons (Fsp3) is 0.333. The molecule has 8 heteroatoms. The highest BCUT2D eigenvalue weighted by Crippen LogP contribution is 2.41. The standard InChI is InChI=1S/C27H26N6O2/c1-17-2-3-19(23-7-6-22(30-31-23)18-4-5-18)10-24(17)29-26(34)21-12-28-33-9-8-20(11-25(21)33)32-13-27(14-32)15-35-16-27/h2-3,6-12,18H,4-5,13-16H2,1H3,(H,29,34). The molecule has 8 nitrogen and oxygen atoms in total. The molecule has 1 N–H and O–H groups in total. The van der Waals surface area contributed by atoms with Crippen molar-refractivity contribution in [2.24, 2.45) is 5.41 Å². The summed E-state index contributed by atoms with van der Waals surface area (Å²) in [5.74, 6) is 0.394. The molecule has 7 rings (SSSR count). The maximum absolute atomic E-state index is 13.3. The lowest BCUT2D eigenvalue weighted by molar-refractivity contribution is -0.127. The Kier molecular flexibility index (Phi) is 4.48. The van der Waals surface area contributed by atoms with Crippen LogP contribution < -0.4 is 10.2 Å². The summed E-state index contributed by atoms with van der Waals surface area (Å²) in [6.07, 6.45) is 5.95. The first-order chi connectivity index (χ1) is 17.1. The lowest BCUT2D eigenvalue weighted by Gasteiger charge is -2.56. The van der Waals surface area contributed by atoms with Gasteiger partial charge in [-0.1, -0.05) is 12.1 Å². The van der Waals surface area contributed by atoms with E-state index in [1.54, 1.807) is 10.7 Å². The van der Waals surface area contributed by atoms with Crippen molar-refractivity contribution in [2.75, 3.05) is 36.5 Å². The second-order valence-corrected chi connectivity index (χ2v) is 10.2. The first-order valence-corrected chi connectivity index (χ1v) is 12.1. The Morgan fingerprint density at radius 2 is 1.94 bits per heavy atom. The third kappa shape index (κ3) is 3.56. The van der Waals surface area contributed by atoms with Gasteiger partial charge in [-0.15, -0.1) is 0 Å². The number of hydrogen-bond acceptors (Lipinski definition) is 6. The fourth-order valence-electron chi connectivity index (χ4n) is 5.06. The highest BCUT2D eigenvalue weighted by Gasteiger charge is 2.49. The normalized spacial score (nSPS) is 18.4. The average molecular weight is 467 g/mol. The molecule has 0 bridgehead atoms. The van der Waals surface area contributed by atoms with Crippen LogP contribution in [-0.2, 0) is 4.74 Å². The van der Waals surface area contributed by atoms with Crippen molar-refractivity contribution >= 4 is 22.8 Å². The molecule has 3 aliphatic rings. The smallest absolute Gasteiger partial charge is 0.259 e. The lowest BCUT2D eigenvalue weighted by Crippen LogP contribution is -2.66. The van der Waals surface area contributed by atoms with Crippen LogP contribution in [0.15, 0.2) is 54.9 Å². The van der Waals surface area contributed by atoms with Crippen LogP contribution in [-0.4, -0.2) is 52.0 Å². The molecule has 0 atom stereocenters. The van der Waals surface area contributed by atoms with Crippen molar-refractivity contribution in [3.63, 3.8) is 0 Å². The minimum absolute atomic E-state index is 0.181. The summed E-state index contributed by atoms with van der Waals surface area (Å²) in [5, 5.41) is 16.3. The highest BCUT2D eigenvalue weighted by atomic mass is 16.5. The first-order valence-electron chi connectivity index (χ1n) is 12.1. The number of amides is 1. The van der Waals surface area contributed by atoms with Gasteiger partial charge in [-0.25, -0.2) is 4.52 Å². The molecular formula is C27H26N6O2. The van der Waals surface area contributed by atoms with Gasteiger partial charge in [0.05, 0.1) is 47.3 Å². The van der Waals surface area contributed by atoms with Gasteiger partial charge in [0.2, 0.25) is 0 Å². The molecule has 1 amide bonds. The Bertz CT molecular complexity index is 1440. The zero-order valence-corrected chi connectivity index (χ0v) is 19.6. The molecule has 4 aromatic rings. The van der Waals surface area contributed by atoms with Gasteiger partial charge in [0.25, 0.3) is 5.91 Å². The second kappa shape index (κ2) is 7.61. The number of anilines is 2. The van der Waals surface area contributed by atoms with E-state index in [-0.39, 0.29) is 5.91 Å². The zero-order chi connectivity index (χ0) is 23.6. The number of nitrogens with one attached hydrogen (secondary N) is 1. The molecule has 35 heavy (non-hydrogen) atoms. The zero-order valence-electron chi connectivity index (χ0n) is 19.6. The van der Waals surface area contributed by atoms with Crippen molar-refractivity contribution in [1.82, 2.24) is 19.8 Å². The number of benzene rings is 1. The van der Waals surface area contributed by atoms with Gasteiger partial charge >= 0.3 is 0 Å². The van der Waals surface area contributed by atoms with Crippen LogP contribution in [0.4, 0.5) is 11.4 Å². The Balaban J connectivity index is 1.13. The van der Waals surface area contributed by atoms with Crippen LogP contribution in [0.3, 0.4) is 0 Å². The molecule has 5 heterocycles. The molecule has 1 aliphatic carbocycles. The van der Waals surface area contributed by atoms with E-state index in [2.05, 4.69) is 43.7 Å². The molecule has 0 radical (unpaired) electrons. The van der Waals surface area contributed by atoms with E-state index in [4.69, 9.17) is 4.74 Å². The molecule has 176 valence electrons. The molecule has 1 aromatic carbocycles. The molecule has 1 saturated carbocycles. The number of aryl methyl sites for hydroxylation is 1. The lowest BCUT2D eigenvalue weighted by atomic mass is 9.78. The summed E-state index contributed by atoms with van der Waals surface area (Å²) in [4.78, 5) is 15.7. The minimum Gasteiger partial charge on any atom is -0.380 e. The maximum atomic E-state index is 13.3. The molecule has 1 spiro atoms. The Hall–Kier alpha value is -3.78. The minimum atomic E-state index is -0.181. The van der Waals surface area contributed by atoms with E-state index < -0.39 is 0 Å². The van der Waals surface area contributed by atoms with E-state index in [1.165, 1.54) is 12.8 Å². The number of nitrogens with zero attached hydrogens (tertiary/aromatic N) is 5. The van der Waals surface area contributed by atoms with Crippen molar-refractivity contribution in [1.29, 1.82) is 0 Å². The number of hydrogen-bond donors (Lipinski definition) is 1. The van der Waals surface area contributed by atoms with Crippen LogP contribution in [0.2, 0.25) is 0 Å². The summed E-state index contributed by atoms with van der Waals surface area (Å²) in [6, 6.07) is 14.2. The molecule has 3 fully saturated rings. The monoisotopic (exact) mass is 466 g/mol. The number of ether oxygens (including phenoxy) is 1. The molecule has 3 aromatic heterocycles. The van der Waals surface area contributed by atoms with E-state index in [9.17, 15) is 4.79 Å². The van der Waals surface area contributed by atoms with Crippen molar-refractivity contribution in [3.05, 3.63) is 71.7 Å². The van der Waals surface area contributed by atoms with Gasteiger partial charge in [-0.3, -0.25) is 4.79 Å². The van der Waals surface area contributed by atoms with Crippen LogP contribution in [0.1, 0.15) is 40.4 Å². The summed E-state index contributed by atoms with van der Waals surface area (Å²) in [5.41, 5.74) is 7.31. The van der Waals surface area contributed by atoms with E-state index in [1.807, 2.05) is 37.4 Å². The predicted octanol–water partition coefficient (Wildman–Crippen LogP) is 4.07. The second-order valence-electron chi connectivity index (χ2n) is 10.2. The molecular weight excluding hydrogens is 440 g/mol. The molecule has 0 unspecified atom stereocenters. The third-order valence-electron chi connectivity index (χ3n) is 7.45. The summed E-state index contributed by atoms with van der Waals surface area (Å²) in [7, 11) is 0. The third-order valence-corrected chi connectivity index (χ3v) is 7.45. The van der Waals surface area contributed by atoms with E-state index in [0.717, 1.165) is 65.7 Å². The summed E-state index contributed by atoms with van der Waals surface area (Å²) < 4.78 is 7.14. The quantitative estimate of drug-likeness (QED) is 0.477. The SMILES string of the molecule is Cc1ccc(-c2ccc(C3CC3)nn2)cc1NC(=O)c1cnn2ccc(N3CC4(COC4)C3)cc12. The predicted molar refractivity (Wildman–Crippen MR) is 133 cm³/mol. The average Bonchev–Trinajstić information content (AvgIpc) is 3.58. The number of rotatable bonds is 5. The number of carbonyl (C=O) groups is 1. The van der Waals surface area contributed by atoms with E-state index >= 15 is 0 Å². The van der Waals surface area contributed by atoms with Gasteiger partial charge in [0, 0.05) is 42.1 Å². The number of carbonyl (C=O) groups excluding carboxylic acids is 1. The Morgan fingerprint density at radius 3 is 2.66 bits per heavy atom. The largest absolute Gasteiger partial charge is 0.380 e. The molecule has 2 aliphatic heterocycles. The summed E-state index contributed by atoms with van der Waals surface area (Å²) in [6.45, 7) is 5.67. The van der Waals surface area contributed by atoms with Gasteiger partial charge in [0.1, 0.15) is 0 Å². The topological polar surface area (TPSA) is 84.7 Å². The highest BCUT2D eigenvalue weighted by molar-refractivity contribution is 6.09. The van der Waals surface area contributed by atoms with Crippen molar-refractivity contribution < 1.29 is 9.53 Å². The van der Waals surface area contributed by atoms with Gasteiger partial charge in [-0.2, -0.15) is 15.3 Å². The Labute approximate surface area is 202 Å². The fourth-order valence-corrected chi connectivity index (χ4v) is 5.06. The van der Waals surface area contributed by atoms with Crippen LogP contribution in [0, 0.1) is 12.3 Å². The van der Waals surface area contributed by atoms with E-state index in [0.29, 0.717) is 16.9 Å². The van der Waals surface area contributed by atoms with Gasteiger partial charge in [-0.05, 0) is 55.7 Å². The van der Waals surface area contributed by atoms with Gasteiger partial charge < -0.3 is 15.0 Å². The number of pyridine rings is 1.